The molecule has 0 unspecified atom stereocenters. The lowest BCUT2D eigenvalue weighted by atomic mass is 9.72. The van der Waals surface area contributed by atoms with Gasteiger partial charge in [0, 0.05) is 12.0 Å². The summed E-state index contributed by atoms with van der Waals surface area (Å²) in [5.74, 6) is 0.275. The molecule has 2 heterocycles. The van der Waals surface area contributed by atoms with Gasteiger partial charge in [0.25, 0.3) is 0 Å². The highest BCUT2D eigenvalue weighted by Crippen LogP contribution is 2.49. The summed E-state index contributed by atoms with van der Waals surface area (Å²) < 4.78 is 7.00. The molecule has 9 rings (SSSR count). The molecule has 0 radical (unpaired) electrons. The van der Waals surface area contributed by atoms with E-state index >= 15 is 0 Å². The lowest BCUT2D eigenvalue weighted by molar-refractivity contribution is 0.0199. The van der Waals surface area contributed by atoms with E-state index in [-0.39, 0.29) is 13.0 Å². The second kappa shape index (κ2) is 17.5. The molecular weight excluding hydrogens is 664 g/mol. The summed E-state index contributed by atoms with van der Waals surface area (Å²) in [6, 6.07) is 61.3. The van der Waals surface area contributed by atoms with Gasteiger partial charge in [-0.3, -0.25) is 0 Å². The predicted octanol–water partition coefficient (Wildman–Crippen LogP) is 7.11. The Bertz CT molecular complexity index is 1900. The second-order valence-corrected chi connectivity index (χ2v) is 14.3. The van der Waals surface area contributed by atoms with E-state index in [1.165, 1.54) is 23.0 Å². The zero-order chi connectivity index (χ0) is 37.2. The molecule has 54 heavy (non-hydrogen) atoms. The lowest BCUT2D eigenvalue weighted by Gasteiger charge is -2.36. The van der Waals surface area contributed by atoms with Crippen molar-refractivity contribution < 1.29 is 19.8 Å². The highest BCUT2D eigenvalue weighted by atomic mass is 16.5. The molecule has 0 spiro atoms. The summed E-state index contributed by atoms with van der Waals surface area (Å²) >= 11 is 0. The highest BCUT2D eigenvalue weighted by Gasteiger charge is 2.58. The summed E-state index contributed by atoms with van der Waals surface area (Å²) in [5.41, 5.74) is 4.99. The van der Waals surface area contributed by atoms with Gasteiger partial charge in [-0.15, -0.1) is 0 Å². The Morgan fingerprint density at radius 3 is 1.54 bits per heavy atom. The largest absolute Gasteiger partial charge is 0.488 e. The molecule has 6 aromatic rings. The van der Waals surface area contributed by atoms with E-state index in [2.05, 4.69) is 102 Å². The fourth-order valence-electron chi connectivity index (χ4n) is 8.55. The summed E-state index contributed by atoms with van der Waals surface area (Å²) in [7, 11) is -1.34. The average Bonchev–Trinajstić information content (AvgIpc) is 4.04. The Kier molecular flexibility index (Phi) is 12.1. The molecule has 0 amide bonds. The maximum Gasteiger partial charge on any atom is 0.488 e. The Hall–Kier alpha value is -4.88. The molecule has 270 valence electrons. The third-order valence-corrected chi connectivity index (χ3v) is 11.1. The van der Waals surface area contributed by atoms with Gasteiger partial charge in [-0.25, -0.2) is 0 Å². The van der Waals surface area contributed by atoms with Crippen molar-refractivity contribution in [2.45, 2.75) is 49.3 Å². The van der Waals surface area contributed by atoms with Crippen molar-refractivity contribution in [2.24, 2.45) is 5.92 Å². The number of hydrogen-bond acceptors (Lipinski definition) is 5. The standard InChI is InChI=1S/C23H22BNO.C18H19O.C6H7BO2/c1-4-11-19(12-5-1)23(20-13-6-2-7-14-20)22-17-10-18-25(22)24(26-23)21-15-8-3-9-16-21;19-18(17-13-7-8-14-17,15-9-3-1-4-10-15)16-11-5-2-6-12-16;8-7(9)6-4-2-1-3-5-6/h1-9,11-16,22H,10,17-18H2;1-7,9-12,17,19H,8,13-14H2;1-5,8-9H/q;+1;/t22-;17-;/m11./s1. The van der Waals surface area contributed by atoms with Gasteiger partial charge >= 0.3 is 14.2 Å². The molecule has 3 aliphatic rings. The second-order valence-electron chi connectivity index (χ2n) is 14.3. The first kappa shape index (κ1) is 37.4. The highest BCUT2D eigenvalue weighted by molar-refractivity contribution is 6.65. The molecule has 2 aliphatic heterocycles. The lowest BCUT2D eigenvalue weighted by Crippen LogP contribution is -2.45. The molecular formula is C47H48B2NO4+. The van der Waals surface area contributed by atoms with E-state index in [1.54, 1.807) is 24.3 Å². The minimum absolute atomic E-state index is 0.00381. The van der Waals surface area contributed by atoms with E-state index in [0.29, 0.717) is 11.5 Å². The van der Waals surface area contributed by atoms with Crippen molar-refractivity contribution >= 4 is 25.1 Å². The van der Waals surface area contributed by atoms with E-state index in [9.17, 15) is 5.11 Å². The number of fused-ring (bicyclic) bond motifs is 1. The smallest absolute Gasteiger partial charge is 0.423 e. The van der Waals surface area contributed by atoms with Crippen molar-refractivity contribution in [1.82, 2.24) is 4.81 Å². The molecule has 0 bridgehead atoms. The van der Waals surface area contributed by atoms with Gasteiger partial charge in [-0.2, -0.15) is 0 Å². The van der Waals surface area contributed by atoms with Crippen molar-refractivity contribution in [2.75, 3.05) is 6.54 Å². The van der Waals surface area contributed by atoms with Gasteiger partial charge < -0.3 is 24.6 Å². The molecule has 0 aromatic heterocycles. The first-order chi connectivity index (χ1) is 26.5. The molecule has 7 heteroatoms. The van der Waals surface area contributed by atoms with Gasteiger partial charge in [-0.1, -0.05) is 182 Å². The molecule has 5 nitrogen and oxygen atoms in total. The minimum atomic E-state index is -1.34. The maximum atomic E-state index is 11.4. The number of aliphatic hydroxyl groups is 1. The normalized spacial score (nSPS) is 18.7. The third-order valence-electron chi connectivity index (χ3n) is 11.1. The van der Waals surface area contributed by atoms with E-state index in [0.717, 1.165) is 43.4 Å². The number of rotatable bonds is 7. The molecule has 6 aromatic carbocycles. The van der Waals surface area contributed by atoms with Crippen LogP contribution in [0.1, 0.15) is 54.4 Å². The van der Waals surface area contributed by atoms with Crippen LogP contribution in [0.5, 0.6) is 0 Å². The number of hydrogen-bond donors (Lipinski definition) is 3. The molecule has 2 saturated heterocycles. The Balaban J connectivity index is 0.000000140. The van der Waals surface area contributed by atoms with Crippen LogP contribution < -0.4 is 10.9 Å². The molecule has 1 saturated carbocycles. The fraction of sp³-hybridized carbons (Fsp3) is 0.213. The Morgan fingerprint density at radius 2 is 1.09 bits per heavy atom. The molecule has 1 aliphatic carbocycles. The van der Waals surface area contributed by atoms with Crippen LogP contribution >= 0.6 is 0 Å². The van der Waals surface area contributed by atoms with Gasteiger partial charge in [0.2, 0.25) is 0 Å². The van der Waals surface area contributed by atoms with Crippen LogP contribution in [0.3, 0.4) is 0 Å². The topological polar surface area (TPSA) is 73.2 Å². The zero-order valence-corrected chi connectivity index (χ0v) is 30.6. The van der Waals surface area contributed by atoms with Crippen LogP contribution in [0.15, 0.2) is 182 Å². The van der Waals surface area contributed by atoms with E-state index < -0.39 is 18.3 Å². The third kappa shape index (κ3) is 7.83. The first-order valence-corrected chi connectivity index (χ1v) is 19.2. The van der Waals surface area contributed by atoms with Gasteiger partial charge in [0.15, 0.2) is 0 Å². The molecule has 3 N–H and O–H groups in total. The van der Waals surface area contributed by atoms with E-state index in [1.807, 2.05) is 66.7 Å². The van der Waals surface area contributed by atoms with Crippen LogP contribution in [0, 0.1) is 12.3 Å². The Labute approximate surface area is 321 Å². The quantitative estimate of drug-likeness (QED) is 0.122. The molecule has 3 fully saturated rings. The van der Waals surface area contributed by atoms with Crippen LogP contribution in [0.4, 0.5) is 0 Å². The van der Waals surface area contributed by atoms with Crippen molar-refractivity contribution in [1.29, 1.82) is 0 Å². The van der Waals surface area contributed by atoms with Crippen molar-refractivity contribution in [3.8, 4) is 0 Å². The van der Waals surface area contributed by atoms with Gasteiger partial charge in [0.1, 0.15) is 11.2 Å². The van der Waals surface area contributed by atoms with Crippen molar-refractivity contribution in [3.05, 3.63) is 211 Å². The van der Waals surface area contributed by atoms with Crippen LogP contribution in [0.2, 0.25) is 0 Å². The summed E-state index contributed by atoms with van der Waals surface area (Å²) in [6.07, 6.45) is 7.82. The average molecular weight is 713 g/mol. The Morgan fingerprint density at radius 1 is 0.630 bits per heavy atom. The van der Waals surface area contributed by atoms with Gasteiger partial charge in [0.05, 0.1) is 19.3 Å². The van der Waals surface area contributed by atoms with Crippen LogP contribution in [0.25, 0.3) is 0 Å². The number of benzene rings is 6. The van der Waals surface area contributed by atoms with Crippen molar-refractivity contribution in [3.63, 3.8) is 0 Å². The maximum absolute atomic E-state index is 11.4. The summed E-state index contributed by atoms with van der Waals surface area (Å²) in [4.78, 5) is 2.56. The zero-order valence-electron chi connectivity index (χ0n) is 30.6. The van der Waals surface area contributed by atoms with Crippen LogP contribution in [-0.2, 0) is 15.9 Å². The predicted molar refractivity (Wildman–Crippen MR) is 220 cm³/mol. The minimum Gasteiger partial charge on any atom is -0.423 e. The van der Waals surface area contributed by atoms with E-state index in [4.69, 9.17) is 14.7 Å². The summed E-state index contributed by atoms with van der Waals surface area (Å²) in [5, 5.41) is 28.6. The molecule has 2 atom stereocenters. The SMILES string of the molecule is OB(O)c1ccccc1.OC(c1ccccc1)(c1ccccc1)[C@@H]1C[CH+]CC1.c1ccc(B2OC(c3ccccc3)(c3ccccc3)[C@H]3CCCN23)cc1. The first-order valence-electron chi connectivity index (χ1n) is 19.2. The fourth-order valence-corrected chi connectivity index (χ4v) is 8.55. The number of nitrogens with zero attached hydrogens (tertiary/aromatic N) is 1. The monoisotopic (exact) mass is 712 g/mol. The van der Waals surface area contributed by atoms with Crippen LogP contribution in [-0.4, -0.2) is 46.7 Å². The van der Waals surface area contributed by atoms with Gasteiger partial charge in [-0.05, 0) is 59.0 Å². The summed E-state index contributed by atoms with van der Waals surface area (Å²) in [6.45, 7) is 1.09.